The van der Waals surface area contributed by atoms with Gasteiger partial charge in [0.15, 0.2) is 5.11 Å². The maximum Gasteiger partial charge on any atom is 0.335 e. The van der Waals surface area contributed by atoms with Gasteiger partial charge in [-0.3, -0.25) is 4.79 Å². The van der Waals surface area contributed by atoms with Gasteiger partial charge < -0.3 is 21.1 Å². The molecule has 0 spiro atoms. The fourth-order valence-corrected chi connectivity index (χ4v) is 4.12. The van der Waals surface area contributed by atoms with Crippen molar-refractivity contribution in [2.24, 2.45) is 0 Å². The molecule has 0 aliphatic rings. The number of hydrogen-bond acceptors (Lipinski definition) is 4. The third-order valence-electron chi connectivity index (χ3n) is 4.83. The molecule has 0 saturated carbocycles. The highest BCUT2D eigenvalue weighted by Gasteiger charge is 2.17. The number of thiocarbonyl (C=S) groups is 1. The van der Waals surface area contributed by atoms with Gasteiger partial charge in [-0.05, 0) is 81.0 Å². The number of aromatic carboxylic acids is 1. The molecule has 8 heteroatoms. The molecule has 1 unspecified atom stereocenters. The minimum Gasteiger partial charge on any atom is -0.478 e. The van der Waals surface area contributed by atoms with Crippen molar-refractivity contribution in [2.45, 2.75) is 30.9 Å². The first kappa shape index (κ1) is 24.3. The Morgan fingerprint density at radius 2 is 1.61 bits per heavy atom. The Labute approximate surface area is 202 Å². The largest absolute Gasteiger partial charge is 0.478 e. The van der Waals surface area contributed by atoms with Crippen LogP contribution in [0.1, 0.15) is 28.4 Å². The molecular formula is C25H25N3O3S2. The molecule has 3 rings (SSSR count). The van der Waals surface area contributed by atoms with Crippen LogP contribution in [0.2, 0.25) is 0 Å². The van der Waals surface area contributed by atoms with Gasteiger partial charge in [0.25, 0.3) is 0 Å². The number of aryl methyl sites for hydroxylation is 2. The molecule has 1 atom stereocenters. The number of carbonyl (C=O) groups is 2. The third-order valence-corrected chi connectivity index (χ3v) is 6.12. The maximum atomic E-state index is 12.7. The van der Waals surface area contributed by atoms with Crippen LogP contribution in [0.4, 0.5) is 17.1 Å². The number of hydrogen-bond donors (Lipinski definition) is 4. The van der Waals surface area contributed by atoms with Crippen LogP contribution in [0.5, 0.6) is 0 Å². The number of anilines is 3. The van der Waals surface area contributed by atoms with Gasteiger partial charge in [0.05, 0.1) is 10.8 Å². The van der Waals surface area contributed by atoms with E-state index in [0.717, 1.165) is 21.8 Å². The highest BCUT2D eigenvalue weighted by atomic mass is 32.2. The van der Waals surface area contributed by atoms with E-state index in [4.69, 9.17) is 12.2 Å². The van der Waals surface area contributed by atoms with E-state index >= 15 is 0 Å². The molecule has 0 aliphatic carbocycles. The van der Waals surface area contributed by atoms with Crippen LogP contribution in [0.3, 0.4) is 0 Å². The molecule has 170 valence electrons. The standard InChI is InChI=1S/C25H25N3O3S2/c1-15-7-11-19(12-8-15)26-25(32)27-20-5-4-6-21(14-20)33-17(3)23(29)28-22-13-18(24(30)31)10-9-16(22)2/h4-14,17H,1-3H3,(H,28,29)(H,30,31)(H2,26,27,32). The monoisotopic (exact) mass is 479 g/mol. The SMILES string of the molecule is Cc1ccc(NC(=S)Nc2cccc(SC(C)C(=O)Nc3cc(C(=O)O)ccc3C)c2)cc1. The summed E-state index contributed by atoms with van der Waals surface area (Å²) in [4.78, 5) is 24.8. The smallest absolute Gasteiger partial charge is 0.335 e. The van der Waals surface area contributed by atoms with Crippen LogP contribution in [-0.2, 0) is 4.79 Å². The van der Waals surface area contributed by atoms with Crippen molar-refractivity contribution in [3.63, 3.8) is 0 Å². The lowest BCUT2D eigenvalue weighted by Crippen LogP contribution is -2.23. The van der Waals surface area contributed by atoms with Crippen molar-refractivity contribution >= 4 is 58.0 Å². The van der Waals surface area contributed by atoms with Gasteiger partial charge in [-0.2, -0.15) is 0 Å². The summed E-state index contributed by atoms with van der Waals surface area (Å²) < 4.78 is 0. The second-order valence-corrected chi connectivity index (χ2v) is 9.38. The normalized spacial score (nSPS) is 11.4. The summed E-state index contributed by atoms with van der Waals surface area (Å²) in [6.07, 6.45) is 0. The fraction of sp³-hybridized carbons (Fsp3) is 0.160. The zero-order valence-corrected chi connectivity index (χ0v) is 20.1. The summed E-state index contributed by atoms with van der Waals surface area (Å²) in [6, 6.07) is 20.2. The van der Waals surface area contributed by atoms with Crippen LogP contribution in [0.25, 0.3) is 0 Å². The van der Waals surface area contributed by atoms with Crippen LogP contribution in [0, 0.1) is 13.8 Å². The molecule has 0 fully saturated rings. The Bertz CT molecular complexity index is 1180. The number of carboxylic acids is 1. The summed E-state index contributed by atoms with van der Waals surface area (Å²) in [5.41, 5.74) is 4.30. The van der Waals surface area contributed by atoms with Gasteiger partial charge >= 0.3 is 5.97 Å². The number of carbonyl (C=O) groups excluding carboxylic acids is 1. The molecule has 0 bridgehead atoms. The maximum absolute atomic E-state index is 12.7. The third kappa shape index (κ3) is 7.06. The molecule has 1 amide bonds. The number of nitrogens with one attached hydrogen (secondary N) is 3. The molecule has 0 heterocycles. The van der Waals surface area contributed by atoms with Crippen molar-refractivity contribution in [1.29, 1.82) is 0 Å². The lowest BCUT2D eigenvalue weighted by molar-refractivity contribution is -0.115. The molecule has 4 N–H and O–H groups in total. The Morgan fingerprint density at radius 1 is 0.909 bits per heavy atom. The second kappa shape index (κ2) is 11.0. The quantitative estimate of drug-likeness (QED) is 0.247. The average molecular weight is 480 g/mol. The lowest BCUT2D eigenvalue weighted by atomic mass is 10.1. The highest BCUT2D eigenvalue weighted by Crippen LogP contribution is 2.27. The predicted molar refractivity (Wildman–Crippen MR) is 140 cm³/mol. The summed E-state index contributed by atoms with van der Waals surface area (Å²) in [6.45, 7) is 5.65. The molecule has 0 aliphatic heterocycles. The Morgan fingerprint density at radius 3 is 2.30 bits per heavy atom. The Balaban J connectivity index is 1.60. The lowest BCUT2D eigenvalue weighted by Gasteiger charge is -2.15. The average Bonchev–Trinajstić information content (AvgIpc) is 2.76. The first-order valence-electron chi connectivity index (χ1n) is 10.3. The molecular weight excluding hydrogens is 454 g/mol. The van der Waals surface area contributed by atoms with Gasteiger partial charge in [-0.1, -0.05) is 29.8 Å². The van der Waals surface area contributed by atoms with E-state index in [0.29, 0.717) is 10.8 Å². The second-order valence-electron chi connectivity index (χ2n) is 7.56. The Hall–Kier alpha value is -3.36. The molecule has 3 aromatic carbocycles. The van der Waals surface area contributed by atoms with E-state index in [1.807, 2.05) is 62.4 Å². The van der Waals surface area contributed by atoms with Crippen molar-refractivity contribution in [3.05, 3.63) is 83.4 Å². The number of carboxylic acid groups (broad SMARTS) is 1. The van der Waals surface area contributed by atoms with Gasteiger partial charge in [-0.25, -0.2) is 4.79 Å². The van der Waals surface area contributed by atoms with Gasteiger partial charge in [0.1, 0.15) is 0 Å². The minimum atomic E-state index is -1.04. The van der Waals surface area contributed by atoms with E-state index in [2.05, 4.69) is 16.0 Å². The zero-order valence-electron chi connectivity index (χ0n) is 18.5. The number of benzene rings is 3. The van der Waals surface area contributed by atoms with E-state index in [-0.39, 0.29) is 11.5 Å². The predicted octanol–water partition coefficient (Wildman–Crippen LogP) is 5.93. The van der Waals surface area contributed by atoms with Gasteiger partial charge in [0, 0.05) is 22.0 Å². The van der Waals surface area contributed by atoms with Crippen LogP contribution < -0.4 is 16.0 Å². The van der Waals surface area contributed by atoms with Crippen molar-refractivity contribution in [1.82, 2.24) is 0 Å². The number of amides is 1. The van der Waals surface area contributed by atoms with Gasteiger partial charge in [0.2, 0.25) is 5.91 Å². The Kier molecular flexibility index (Phi) is 8.08. The summed E-state index contributed by atoms with van der Waals surface area (Å²) >= 11 is 6.80. The summed E-state index contributed by atoms with van der Waals surface area (Å²) in [5.74, 6) is -1.24. The summed E-state index contributed by atoms with van der Waals surface area (Å²) in [5, 5.41) is 18.4. The fourth-order valence-electron chi connectivity index (χ4n) is 2.96. The van der Waals surface area contributed by atoms with Crippen LogP contribution in [0.15, 0.2) is 71.6 Å². The van der Waals surface area contributed by atoms with Crippen molar-refractivity contribution in [2.75, 3.05) is 16.0 Å². The topological polar surface area (TPSA) is 90.5 Å². The zero-order chi connectivity index (χ0) is 24.0. The van der Waals surface area contributed by atoms with E-state index < -0.39 is 11.2 Å². The highest BCUT2D eigenvalue weighted by molar-refractivity contribution is 8.00. The number of thioether (sulfide) groups is 1. The van der Waals surface area contributed by atoms with E-state index in [9.17, 15) is 14.7 Å². The molecule has 3 aromatic rings. The van der Waals surface area contributed by atoms with Crippen molar-refractivity contribution < 1.29 is 14.7 Å². The van der Waals surface area contributed by atoms with Crippen molar-refractivity contribution in [3.8, 4) is 0 Å². The molecule has 6 nitrogen and oxygen atoms in total. The summed E-state index contributed by atoms with van der Waals surface area (Å²) in [7, 11) is 0. The van der Waals surface area contributed by atoms with Gasteiger partial charge in [-0.15, -0.1) is 11.8 Å². The number of rotatable bonds is 7. The molecule has 0 radical (unpaired) electrons. The molecule has 0 saturated heterocycles. The molecule has 33 heavy (non-hydrogen) atoms. The minimum absolute atomic E-state index is 0.130. The van der Waals surface area contributed by atoms with E-state index in [1.165, 1.54) is 29.5 Å². The van der Waals surface area contributed by atoms with E-state index in [1.54, 1.807) is 13.0 Å². The van der Waals surface area contributed by atoms with Crippen LogP contribution >= 0.6 is 24.0 Å². The first-order valence-corrected chi connectivity index (χ1v) is 11.6. The van der Waals surface area contributed by atoms with Crippen LogP contribution in [-0.4, -0.2) is 27.3 Å². The molecule has 0 aromatic heterocycles. The first-order chi connectivity index (χ1) is 15.7.